The van der Waals surface area contributed by atoms with Crippen LogP contribution in [-0.4, -0.2) is 34.2 Å². The number of thiophene rings is 1. The van der Waals surface area contributed by atoms with Gasteiger partial charge in [-0.05, 0) is 72.5 Å². The van der Waals surface area contributed by atoms with Gasteiger partial charge in [0.15, 0.2) is 0 Å². The van der Waals surface area contributed by atoms with Crippen LogP contribution in [0.4, 0.5) is 5.69 Å². The van der Waals surface area contributed by atoms with Crippen LogP contribution in [0.5, 0.6) is 5.75 Å². The van der Waals surface area contributed by atoms with Crippen molar-refractivity contribution in [3.05, 3.63) is 75.4 Å². The summed E-state index contributed by atoms with van der Waals surface area (Å²) in [5.74, 6) is -0.0644. The SMILES string of the molecule is COc1ccc(S(=O)(=O)N(CC(=O)N/N=C\c2sccc2C)c2ccc(Cl)cc2)cc1. The molecule has 1 heterocycles. The first-order chi connectivity index (χ1) is 14.8. The molecule has 0 aliphatic carbocycles. The minimum absolute atomic E-state index is 0.0220. The van der Waals surface area contributed by atoms with Crippen molar-refractivity contribution in [2.45, 2.75) is 11.8 Å². The zero-order chi connectivity index (χ0) is 22.4. The molecule has 0 radical (unpaired) electrons. The Morgan fingerprint density at radius 2 is 1.84 bits per heavy atom. The number of halogens is 1. The Morgan fingerprint density at radius 3 is 2.42 bits per heavy atom. The van der Waals surface area contributed by atoms with Crippen molar-refractivity contribution >= 4 is 50.8 Å². The van der Waals surface area contributed by atoms with Gasteiger partial charge in [0.1, 0.15) is 12.3 Å². The minimum atomic E-state index is -4.04. The number of hydrogen-bond acceptors (Lipinski definition) is 6. The van der Waals surface area contributed by atoms with Crippen LogP contribution in [-0.2, 0) is 14.8 Å². The third kappa shape index (κ3) is 5.63. The Morgan fingerprint density at radius 1 is 1.16 bits per heavy atom. The van der Waals surface area contributed by atoms with Gasteiger partial charge < -0.3 is 4.74 Å². The highest BCUT2D eigenvalue weighted by Crippen LogP contribution is 2.26. The largest absolute Gasteiger partial charge is 0.497 e. The lowest BCUT2D eigenvalue weighted by molar-refractivity contribution is -0.119. The highest BCUT2D eigenvalue weighted by molar-refractivity contribution is 7.92. The first-order valence-corrected chi connectivity index (χ1v) is 11.8. The van der Waals surface area contributed by atoms with E-state index in [0.717, 1.165) is 14.7 Å². The lowest BCUT2D eigenvalue weighted by Gasteiger charge is -2.23. The molecule has 2 aromatic carbocycles. The maximum absolute atomic E-state index is 13.3. The average Bonchev–Trinajstić information content (AvgIpc) is 3.17. The number of rotatable bonds is 8. The van der Waals surface area contributed by atoms with E-state index in [-0.39, 0.29) is 4.90 Å². The van der Waals surface area contributed by atoms with Crippen LogP contribution in [0, 0.1) is 6.92 Å². The first kappa shape index (κ1) is 22.8. The predicted molar refractivity (Wildman–Crippen MR) is 124 cm³/mol. The van der Waals surface area contributed by atoms with Gasteiger partial charge in [0.2, 0.25) is 0 Å². The number of carbonyl (C=O) groups is 1. The number of benzene rings is 2. The molecule has 0 saturated heterocycles. The molecule has 0 bridgehead atoms. The van der Waals surface area contributed by atoms with Crippen molar-refractivity contribution in [2.24, 2.45) is 5.10 Å². The zero-order valence-electron chi connectivity index (χ0n) is 16.8. The third-order valence-electron chi connectivity index (χ3n) is 4.32. The summed E-state index contributed by atoms with van der Waals surface area (Å²) in [6.45, 7) is 1.47. The van der Waals surface area contributed by atoms with E-state index in [0.29, 0.717) is 16.5 Å². The smallest absolute Gasteiger partial charge is 0.264 e. The maximum atomic E-state index is 13.3. The summed E-state index contributed by atoms with van der Waals surface area (Å²) in [5, 5.41) is 6.31. The second-order valence-corrected chi connectivity index (χ2v) is 9.67. The Bertz CT molecular complexity index is 1170. The molecule has 3 rings (SSSR count). The highest BCUT2D eigenvalue weighted by atomic mass is 35.5. The lowest BCUT2D eigenvalue weighted by atomic mass is 10.3. The number of anilines is 1. The molecule has 1 N–H and O–H groups in total. The van der Waals surface area contributed by atoms with Crippen molar-refractivity contribution in [3.8, 4) is 5.75 Å². The molecule has 0 saturated carbocycles. The summed E-state index contributed by atoms with van der Waals surface area (Å²) >= 11 is 7.43. The van der Waals surface area contributed by atoms with E-state index in [1.165, 1.54) is 48.9 Å². The van der Waals surface area contributed by atoms with Crippen LogP contribution >= 0.6 is 22.9 Å². The van der Waals surface area contributed by atoms with Gasteiger partial charge in [0, 0.05) is 9.90 Å². The fourth-order valence-corrected chi connectivity index (χ4v) is 4.98. The number of ether oxygens (including phenoxy) is 1. The maximum Gasteiger partial charge on any atom is 0.264 e. The Kier molecular flexibility index (Phi) is 7.32. The van der Waals surface area contributed by atoms with Gasteiger partial charge in [-0.3, -0.25) is 9.10 Å². The van der Waals surface area contributed by atoms with Gasteiger partial charge in [0.25, 0.3) is 15.9 Å². The summed E-state index contributed by atoms with van der Waals surface area (Å²) in [5.41, 5.74) is 3.72. The molecule has 1 amide bonds. The van der Waals surface area contributed by atoms with Crippen molar-refractivity contribution in [1.82, 2.24) is 5.43 Å². The van der Waals surface area contributed by atoms with Crippen LogP contribution < -0.4 is 14.5 Å². The van der Waals surface area contributed by atoms with Gasteiger partial charge in [-0.25, -0.2) is 13.8 Å². The van der Waals surface area contributed by atoms with Crippen LogP contribution in [0.25, 0.3) is 0 Å². The molecular weight excluding hydrogens is 458 g/mol. The van der Waals surface area contributed by atoms with E-state index in [1.54, 1.807) is 24.3 Å². The monoisotopic (exact) mass is 477 g/mol. The molecule has 162 valence electrons. The molecule has 0 aliphatic heterocycles. The molecule has 0 unspecified atom stereocenters. The summed E-state index contributed by atoms with van der Waals surface area (Å²) in [7, 11) is -2.55. The van der Waals surface area contributed by atoms with Gasteiger partial charge in [-0.2, -0.15) is 5.10 Å². The van der Waals surface area contributed by atoms with Crippen LogP contribution in [0.3, 0.4) is 0 Å². The molecule has 0 fully saturated rings. The van der Waals surface area contributed by atoms with Crippen molar-refractivity contribution < 1.29 is 17.9 Å². The van der Waals surface area contributed by atoms with E-state index in [1.807, 2.05) is 18.4 Å². The summed E-state index contributed by atoms with van der Waals surface area (Å²) in [4.78, 5) is 13.4. The first-order valence-electron chi connectivity index (χ1n) is 9.09. The molecule has 7 nitrogen and oxygen atoms in total. The molecule has 0 spiro atoms. The number of methoxy groups -OCH3 is 1. The van der Waals surface area contributed by atoms with Gasteiger partial charge in [-0.15, -0.1) is 11.3 Å². The minimum Gasteiger partial charge on any atom is -0.497 e. The van der Waals surface area contributed by atoms with Crippen molar-refractivity contribution in [2.75, 3.05) is 18.0 Å². The quantitative estimate of drug-likeness (QED) is 0.391. The average molecular weight is 478 g/mol. The second kappa shape index (κ2) is 9.95. The topological polar surface area (TPSA) is 88.1 Å². The number of nitrogens with one attached hydrogen (secondary N) is 1. The lowest BCUT2D eigenvalue weighted by Crippen LogP contribution is -2.39. The fraction of sp³-hybridized carbons (Fsp3) is 0.143. The molecule has 0 atom stereocenters. The van der Waals surface area contributed by atoms with Crippen LogP contribution in [0.15, 0.2) is 70.0 Å². The van der Waals surface area contributed by atoms with E-state index >= 15 is 0 Å². The summed E-state index contributed by atoms with van der Waals surface area (Å²) < 4.78 is 32.7. The van der Waals surface area contributed by atoms with Crippen molar-refractivity contribution in [3.63, 3.8) is 0 Å². The van der Waals surface area contributed by atoms with Gasteiger partial charge in [0.05, 0.1) is 23.9 Å². The Hall–Kier alpha value is -2.88. The zero-order valence-corrected chi connectivity index (χ0v) is 19.2. The second-order valence-electron chi connectivity index (χ2n) is 6.42. The molecular formula is C21H20ClN3O4S2. The van der Waals surface area contributed by atoms with Gasteiger partial charge >= 0.3 is 0 Å². The summed E-state index contributed by atoms with van der Waals surface area (Å²) in [6, 6.07) is 14.1. The predicted octanol–water partition coefficient (Wildman–Crippen LogP) is 4.06. The Balaban J connectivity index is 1.85. The van der Waals surface area contributed by atoms with E-state index < -0.39 is 22.5 Å². The number of hydrogen-bond donors (Lipinski definition) is 1. The number of sulfonamides is 1. The number of hydrazone groups is 1. The van der Waals surface area contributed by atoms with Gasteiger partial charge in [-0.1, -0.05) is 11.6 Å². The molecule has 31 heavy (non-hydrogen) atoms. The standard InChI is InChI=1S/C21H20ClN3O4S2/c1-15-11-12-30-20(15)13-23-24-21(26)14-25(17-5-3-16(22)4-6-17)31(27,28)19-9-7-18(29-2)8-10-19/h3-13H,14H2,1-2H3,(H,24,26)/b23-13-. The fourth-order valence-electron chi connectivity index (χ4n) is 2.64. The van der Waals surface area contributed by atoms with Crippen molar-refractivity contribution in [1.29, 1.82) is 0 Å². The third-order valence-corrected chi connectivity index (χ3v) is 7.32. The van der Waals surface area contributed by atoms with Crippen LogP contribution in [0.1, 0.15) is 10.4 Å². The van der Waals surface area contributed by atoms with E-state index in [9.17, 15) is 13.2 Å². The highest BCUT2D eigenvalue weighted by Gasteiger charge is 2.27. The molecule has 10 heteroatoms. The molecule has 3 aromatic rings. The number of aryl methyl sites for hydroxylation is 1. The number of carbonyl (C=O) groups excluding carboxylic acids is 1. The summed E-state index contributed by atoms with van der Waals surface area (Å²) in [6.07, 6.45) is 1.53. The molecule has 1 aromatic heterocycles. The Labute approximate surface area is 190 Å². The molecule has 0 aliphatic rings. The van der Waals surface area contributed by atoms with E-state index in [2.05, 4.69) is 10.5 Å². The van der Waals surface area contributed by atoms with E-state index in [4.69, 9.17) is 16.3 Å². The van der Waals surface area contributed by atoms with Crippen LogP contribution in [0.2, 0.25) is 5.02 Å². The number of amides is 1. The normalized spacial score (nSPS) is 11.5. The number of nitrogens with zero attached hydrogens (tertiary/aromatic N) is 2.